The van der Waals surface area contributed by atoms with E-state index in [1.165, 1.54) is 5.56 Å². The van der Waals surface area contributed by atoms with Crippen molar-refractivity contribution >= 4 is 0 Å². The van der Waals surface area contributed by atoms with Gasteiger partial charge in [-0.25, -0.2) is 0 Å². The second-order valence-electron chi connectivity index (χ2n) is 4.31. The Hall–Kier alpha value is -1.06. The summed E-state index contributed by atoms with van der Waals surface area (Å²) >= 11 is 0. The summed E-state index contributed by atoms with van der Waals surface area (Å²) in [5.74, 6) is 0.926. The van der Waals surface area contributed by atoms with Gasteiger partial charge in [0.15, 0.2) is 0 Å². The Morgan fingerprint density at radius 1 is 1.53 bits per heavy atom. The molecule has 0 aromatic carbocycles. The first-order chi connectivity index (χ1) is 8.24. The Morgan fingerprint density at radius 3 is 3.06 bits per heavy atom. The van der Waals surface area contributed by atoms with E-state index in [4.69, 9.17) is 9.15 Å². The third-order valence-corrected chi connectivity index (χ3v) is 2.49. The van der Waals surface area contributed by atoms with Gasteiger partial charge in [-0.05, 0) is 32.4 Å². The Kier molecular flexibility index (Phi) is 6.67. The van der Waals surface area contributed by atoms with Crippen molar-refractivity contribution in [3.63, 3.8) is 0 Å². The lowest BCUT2D eigenvalue weighted by molar-refractivity contribution is 0.108. The molecule has 1 heterocycles. The van der Waals surface area contributed by atoms with Gasteiger partial charge in [0, 0.05) is 12.1 Å². The highest BCUT2D eigenvalue weighted by Gasteiger charge is 2.05. The van der Waals surface area contributed by atoms with Crippen LogP contribution in [-0.4, -0.2) is 13.2 Å². The van der Waals surface area contributed by atoms with Crippen molar-refractivity contribution in [3.8, 4) is 0 Å². The third-order valence-electron chi connectivity index (χ3n) is 2.49. The molecule has 0 fully saturated rings. The van der Waals surface area contributed by atoms with Gasteiger partial charge in [0.2, 0.25) is 0 Å². The van der Waals surface area contributed by atoms with Crippen LogP contribution in [-0.2, 0) is 17.9 Å². The Bertz CT molecular complexity index is 331. The minimum absolute atomic E-state index is 0.545. The molecule has 0 unspecified atom stereocenters. The van der Waals surface area contributed by atoms with Gasteiger partial charge in [-0.15, -0.1) is 6.58 Å². The van der Waals surface area contributed by atoms with Gasteiger partial charge < -0.3 is 14.5 Å². The van der Waals surface area contributed by atoms with Crippen LogP contribution in [0.2, 0.25) is 0 Å². The van der Waals surface area contributed by atoms with E-state index in [1.807, 2.05) is 13.0 Å². The van der Waals surface area contributed by atoms with Crippen molar-refractivity contribution < 1.29 is 9.15 Å². The lowest BCUT2D eigenvalue weighted by Gasteiger charge is -2.05. The quantitative estimate of drug-likeness (QED) is 0.529. The second kappa shape index (κ2) is 8.09. The van der Waals surface area contributed by atoms with Gasteiger partial charge in [0.1, 0.15) is 12.4 Å². The fourth-order valence-corrected chi connectivity index (χ4v) is 1.46. The van der Waals surface area contributed by atoms with Gasteiger partial charge >= 0.3 is 0 Å². The molecule has 0 spiro atoms. The van der Waals surface area contributed by atoms with E-state index < -0.39 is 0 Å². The molecule has 1 aromatic rings. The van der Waals surface area contributed by atoms with Crippen LogP contribution in [0, 0.1) is 0 Å². The summed E-state index contributed by atoms with van der Waals surface area (Å²) in [5, 5.41) is 3.36. The van der Waals surface area contributed by atoms with Crippen LogP contribution in [0.3, 0.4) is 0 Å². The highest BCUT2D eigenvalue weighted by atomic mass is 16.5. The zero-order valence-electron chi connectivity index (χ0n) is 10.9. The third kappa shape index (κ3) is 5.71. The molecule has 0 aliphatic carbocycles. The van der Waals surface area contributed by atoms with Crippen molar-refractivity contribution in [1.29, 1.82) is 0 Å². The van der Waals surface area contributed by atoms with Crippen LogP contribution in [0.25, 0.3) is 0 Å². The van der Waals surface area contributed by atoms with E-state index in [0.29, 0.717) is 13.2 Å². The molecule has 0 aliphatic heterocycles. The molecule has 1 rings (SSSR count). The van der Waals surface area contributed by atoms with Gasteiger partial charge in [-0.1, -0.05) is 12.5 Å². The number of ether oxygens (including phenoxy) is 1. The minimum atomic E-state index is 0.545. The number of furan rings is 1. The zero-order chi connectivity index (χ0) is 12.5. The summed E-state index contributed by atoms with van der Waals surface area (Å²) in [5.41, 5.74) is 2.34. The summed E-state index contributed by atoms with van der Waals surface area (Å²) in [6.45, 7) is 11.1. The van der Waals surface area contributed by atoms with E-state index in [1.54, 1.807) is 6.26 Å². The van der Waals surface area contributed by atoms with Crippen molar-refractivity contribution in [2.75, 3.05) is 13.2 Å². The monoisotopic (exact) mass is 237 g/mol. The fourth-order valence-electron chi connectivity index (χ4n) is 1.46. The average molecular weight is 237 g/mol. The smallest absolute Gasteiger partial charge is 0.133 e. The molecule has 3 heteroatoms. The van der Waals surface area contributed by atoms with Gasteiger partial charge in [-0.2, -0.15) is 0 Å². The first-order valence-electron chi connectivity index (χ1n) is 6.22. The summed E-state index contributed by atoms with van der Waals surface area (Å²) in [6, 6.07) is 2.00. The predicted octanol–water partition coefficient (Wildman–Crippen LogP) is 3.26. The minimum Gasteiger partial charge on any atom is -0.467 e. The molecular weight excluding hydrogens is 214 g/mol. The second-order valence-corrected chi connectivity index (χ2v) is 4.31. The van der Waals surface area contributed by atoms with Crippen LogP contribution >= 0.6 is 0 Å². The van der Waals surface area contributed by atoms with E-state index in [-0.39, 0.29) is 0 Å². The summed E-state index contributed by atoms with van der Waals surface area (Å²) in [4.78, 5) is 0. The van der Waals surface area contributed by atoms with Gasteiger partial charge in [0.05, 0.1) is 12.9 Å². The van der Waals surface area contributed by atoms with Crippen molar-refractivity contribution in [3.05, 3.63) is 35.8 Å². The van der Waals surface area contributed by atoms with Gasteiger partial charge in [-0.3, -0.25) is 0 Å². The van der Waals surface area contributed by atoms with Crippen molar-refractivity contribution in [2.45, 2.75) is 39.8 Å². The molecule has 0 radical (unpaired) electrons. The van der Waals surface area contributed by atoms with Crippen LogP contribution in [0.15, 0.2) is 28.9 Å². The topological polar surface area (TPSA) is 34.4 Å². The molecular formula is C14H23NO2. The lowest BCUT2D eigenvalue weighted by Crippen LogP contribution is -2.14. The molecule has 1 N–H and O–H groups in total. The number of rotatable bonds is 9. The van der Waals surface area contributed by atoms with E-state index in [0.717, 1.165) is 37.3 Å². The summed E-state index contributed by atoms with van der Waals surface area (Å²) in [7, 11) is 0. The maximum absolute atomic E-state index is 5.55. The predicted molar refractivity (Wildman–Crippen MR) is 69.8 cm³/mol. The number of hydrogen-bond acceptors (Lipinski definition) is 3. The van der Waals surface area contributed by atoms with E-state index >= 15 is 0 Å². The normalized spacial score (nSPS) is 10.7. The first kappa shape index (κ1) is 14.0. The molecule has 0 amide bonds. The maximum Gasteiger partial charge on any atom is 0.133 e. The molecule has 0 atom stereocenters. The van der Waals surface area contributed by atoms with Gasteiger partial charge in [0.25, 0.3) is 0 Å². The molecule has 96 valence electrons. The standard InChI is InChI=1S/C14H23NO2/c1-4-7-15-10-13-6-9-17-14(13)11-16-8-5-12(2)3/h6,9,15H,2,4-5,7-8,10-11H2,1,3H3. The molecule has 3 nitrogen and oxygen atoms in total. The Labute approximate surface area is 104 Å². The largest absolute Gasteiger partial charge is 0.467 e. The molecule has 0 aliphatic rings. The van der Waals surface area contributed by atoms with Crippen molar-refractivity contribution in [1.82, 2.24) is 5.32 Å². The van der Waals surface area contributed by atoms with Crippen molar-refractivity contribution in [2.24, 2.45) is 0 Å². The van der Waals surface area contributed by atoms with E-state index in [9.17, 15) is 0 Å². The average Bonchev–Trinajstić information content (AvgIpc) is 2.72. The van der Waals surface area contributed by atoms with Crippen LogP contribution in [0.4, 0.5) is 0 Å². The maximum atomic E-state index is 5.55. The highest BCUT2D eigenvalue weighted by molar-refractivity contribution is 5.16. The molecule has 0 saturated heterocycles. The Morgan fingerprint density at radius 2 is 2.35 bits per heavy atom. The molecule has 1 aromatic heterocycles. The Balaban J connectivity index is 2.27. The summed E-state index contributed by atoms with van der Waals surface area (Å²) < 4.78 is 11.0. The number of nitrogens with one attached hydrogen (secondary N) is 1. The molecule has 17 heavy (non-hydrogen) atoms. The van der Waals surface area contributed by atoms with Crippen LogP contribution < -0.4 is 5.32 Å². The SMILES string of the molecule is C=C(C)CCOCc1occc1CNCCC. The zero-order valence-corrected chi connectivity index (χ0v) is 10.9. The van der Waals surface area contributed by atoms with Crippen LogP contribution in [0.5, 0.6) is 0 Å². The number of hydrogen-bond donors (Lipinski definition) is 1. The molecule has 0 bridgehead atoms. The van der Waals surface area contributed by atoms with Crippen LogP contribution in [0.1, 0.15) is 38.0 Å². The highest BCUT2D eigenvalue weighted by Crippen LogP contribution is 2.12. The summed E-state index contributed by atoms with van der Waals surface area (Å²) in [6.07, 6.45) is 3.77. The van der Waals surface area contributed by atoms with E-state index in [2.05, 4.69) is 18.8 Å². The molecule has 0 saturated carbocycles. The lowest BCUT2D eigenvalue weighted by atomic mass is 10.2. The fraction of sp³-hybridized carbons (Fsp3) is 0.571. The first-order valence-corrected chi connectivity index (χ1v) is 6.22.